The Morgan fingerprint density at radius 1 is 1.50 bits per heavy atom. The summed E-state index contributed by atoms with van der Waals surface area (Å²) < 4.78 is 26.4. The average molecular weight is 341 g/mol. The first-order chi connectivity index (χ1) is 7.45. The minimum Gasteiger partial charge on any atom is -0.394 e. The Balaban J connectivity index is 2.96. The second kappa shape index (κ2) is 5.53. The fourth-order valence-corrected chi connectivity index (χ4v) is 1.51. The molecular formula is C10H10F2INO2. The van der Waals surface area contributed by atoms with Gasteiger partial charge in [-0.25, -0.2) is 8.78 Å². The van der Waals surface area contributed by atoms with E-state index in [4.69, 9.17) is 5.11 Å². The fourth-order valence-electron chi connectivity index (χ4n) is 1.04. The van der Waals surface area contributed by atoms with Gasteiger partial charge in [0.05, 0.1) is 12.2 Å². The maximum absolute atomic E-state index is 13.3. The normalized spacial score (nSPS) is 12.3. The number of nitrogens with one attached hydrogen (secondary N) is 1. The Kier molecular flexibility index (Phi) is 4.60. The lowest BCUT2D eigenvalue weighted by molar-refractivity contribution is 0.0918. The molecular weight excluding hydrogens is 331 g/mol. The van der Waals surface area contributed by atoms with Gasteiger partial charge in [-0.1, -0.05) is 0 Å². The maximum Gasteiger partial charge on any atom is 0.254 e. The van der Waals surface area contributed by atoms with Crippen LogP contribution in [0.5, 0.6) is 0 Å². The number of aliphatic hydroxyl groups is 1. The lowest BCUT2D eigenvalue weighted by Crippen LogP contribution is -2.35. The maximum atomic E-state index is 13.3. The molecule has 88 valence electrons. The van der Waals surface area contributed by atoms with Gasteiger partial charge >= 0.3 is 0 Å². The van der Waals surface area contributed by atoms with Crippen molar-refractivity contribution in [1.29, 1.82) is 0 Å². The van der Waals surface area contributed by atoms with E-state index in [1.54, 1.807) is 29.5 Å². The van der Waals surface area contributed by atoms with Gasteiger partial charge in [-0.2, -0.15) is 0 Å². The fraction of sp³-hybridized carbons (Fsp3) is 0.300. The number of halogens is 3. The topological polar surface area (TPSA) is 49.3 Å². The molecule has 0 heterocycles. The largest absolute Gasteiger partial charge is 0.394 e. The molecule has 0 unspecified atom stereocenters. The molecule has 0 aliphatic rings. The Morgan fingerprint density at radius 3 is 2.69 bits per heavy atom. The van der Waals surface area contributed by atoms with Crippen molar-refractivity contribution >= 4 is 28.5 Å². The van der Waals surface area contributed by atoms with Crippen LogP contribution in [-0.2, 0) is 0 Å². The van der Waals surface area contributed by atoms with Gasteiger partial charge in [-0.05, 0) is 35.6 Å². The second-order valence-electron chi connectivity index (χ2n) is 3.30. The number of aliphatic hydroxyl groups excluding tert-OH is 1. The molecule has 2 N–H and O–H groups in total. The summed E-state index contributed by atoms with van der Waals surface area (Å²) in [7, 11) is 0. The third-order valence-electron chi connectivity index (χ3n) is 1.91. The van der Waals surface area contributed by atoms with Gasteiger partial charge in [0.1, 0.15) is 11.6 Å². The Morgan fingerprint density at radius 2 is 2.12 bits per heavy atom. The molecule has 1 aromatic rings. The number of benzene rings is 1. The van der Waals surface area contributed by atoms with E-state index in [2.05, 4.69) is 5.32 Å². The van der Waals surface area contributed by atoms with E-state index in [0.29, 0.717) is 6.07 Å². The van der Waals surface area contributed by atoms with Crippen molar-refractivity contribution in [3.63, 3.8) is 0 Å². The Hall–Kier alpha value is -0.760. The molecule has 0 saturated carbocycles. The van der Waals surface area contributed by atoms with Crippen LogP contribution in [0.1, 0.15) is 17.3 Å². The van der Waals surface area contributed by atoms with E-state index in [1.807, 2.05) is 0 Å². The molecule has 0 bridgehead atoms. The van der Waals surface area contributed by atoms with E-state index in [-0.39, 0.29) is 15.7 Å². The van der Waals surface area contributed by atoms with Crippen LogP contribution < -0.4 is 5.32 Å². The van der Waals surface area contributed by atoms with Crippen molar-refractivity contribution in [3.8, 4) is 0 Å². The van der Waals surface area contributed by atoms with Gasteiger partial charge in [-0.3, -0.25) is 4.79 Å². The molecule has 1 atom stereocenters. The number of carbonyl (C=O) groups excluding carboxylic acids is 1. The monoisotopic (exact) mass is 341 g/mol. The molecule has 0 aliphatic heterocycles. The lowest BCUT2D eigenvalue weighted by atomic mass is 10.2. The van der Waals surface area contributed by atoms with Crippen molar-refractivity contribution in [2.24, 2.45) is 0 Å². The highest BCUT2D eigenvalue weighted by atomic mass is 127. The van der Waals surface area contributed by atoms with Gasteiger partial charge in [0.2, 0.25) is 0 Å². The van der Waals surface area contributed by atoms with Gasteiger partial charge in [0.15, 0.2) is 0 Å². The molecule has 0 aliphatic carbocycles. The summed E-state index contributed by atoms with van der Waals surface area (Å²) in [4.78, 5) is 11.5. The summed E-state index contributed by atoms with van der Waals surface area (Å²) in [5.41, 5.74) is -0.230. The average Bonchev–Trinajstić information content (AvgIpc) is 2.23. The lowest BCUT2D eigenvalue weighted by Gasteiger charge is -2.11. The molecule has 0 aromatic heterocycles. The van der Waals surface area contributed by atoms with E-state index >= 15 is 0 Å². The van der Waals surface area contributed by atoms with Crippen molar-refractivity contribution in [2.75, 3.05) is 6.61 Å². The van der Waals surface area contributed by atoms with E-state index in [0.717, 1.165) is 6.07 Å². The van der Waals surface area contributed by atoms with E-state index in [9.17, 15) is 13.6 Å². The number of carbonyl (C=O) groups is 1. The van der Waals surface area contributed by atoms with E-state index < -0.39 is 23.6 Å². The van der Waals surface area contributed by atoms with Gasteiger partial charge in [-0.15, -0.1) is 0 Å². The zero-order valence-electron chi connectivity index (χ0n) is 8.43. The summed E-state index contributed by atoms with van der Waals surface area (Å²) >= 11 is 1.67. The zero-order chi connectivity index (χ0) is 12.3. The molecule has 1 rings (SSSR count). The third kappa shape index (κ3) is 3.11. The highest BCUT2D eigenvalue weighted by Gasteiger charge is 2.16. The highest BCUT2D eigenvalue weighted by Crippen LogP contribution is 2.16. The van der Waals surface area contributed by atoms with Gasteiger partial charge < -0.3 is 10.4 Å². The predicted molar refractivity (Wildman–Crippen MR) is 63.1 cm³/mol. The number of hydrogen-bond donors (Lipinski definition) is 2. The van der Waals surface area contributed by atoms with Crippen LogP contribution in [-0.4, -0.2) is 23.7 Å². The summed E-state index contributed by atoms with van der Waals surface area (Å²) in [6, 6.07) is 1.32. The summed E-state index contributed by atoms with van der Waals surface area (Å²) in [6.07, 6.45) is 0. The van der Waals surface area contributed by atoms with Crippen molar-refractivity contribution in [1.82, 2.24) is 5.32 Å². The zero-order valence-corrected chi connectivity index (χ0v) is 10.6. The first-order valence-corrected chi connectivity index (χ1v) is 5.60. The minimum absolute atomic E-state index is 0.167. The predicted octanol–water partition coefficient (Wildman–Crippen LogP) is 1.68. The summed E-state index contributed by atoms with van der Waals surface area (Å²) in [5.74, 6) is -2.29. The van der Waals surface area contributed by atoms with Crippen molar-refractivity contribution in [2.45, 2.75) is 13.0 Å². The molecule has 6 heteroatoms. The van der Waals surface area contributed by atoms with Gasteiger partial charge in [0.25, 0.3) is 5.91 Å². The molecule has 0 radical (unpaired) electrons. The van der Waals surface area contributed by atoms with Crippen molar-refractivity contribution < 1.29 is 18.7 Å². The number of rotatable bonds is 3. The highest BCUT2D eigenvalue weighted by molar-refractivity contribution is 14.1. The summed E-state index contributed by atoms with van der Waals surface area (Å²) in [5, 5.41) is 11.1. The van der Waals surface area contributed by atoms with Crippen LogP contribution >= 0.6 is 22.6 Å². The quantitative estimate of drug-likeness (QED) is 0.649. The molecule has 0 fully saturated rings. The number of hydrogen-bond acceptors (Lipinski definition) is 2. The standard InChI is InChI=1S/C10H10F2INO2/c1-5(4-15)14-10(16)6-2-9(13)8(12)3-7(6)11/h2-3,5,15H,4H2,1H3,(H,14,16)/t5-/m0/s1. The first-order valence-electron chi connectivity index (χ1n) is 4.52. The van der Waals surface area contributed by atoms with Crippen LogP contribution in [0.2, 0.25) is 0 Å². The molecule has 0 spiro atoms. The smallest absolute Gasteiger partial charge is 0.254 e. The first kappa shape index (κ1) is 13.3. The Labute approximate surface area is 105 Å². The second-order valence-corrected chi connectivity index (χ2v) is 4.47. The Bertz CT molecular complexity index is 412. The van der Waals surface area contributed by atoms with Crippen LogP contribution in [0.3, 0.4) is 0 Å². The van der Waals surface area contributed by atoms with Crippen LogP contribution in [0.25, 0.3) is 0 Å². The third-order valence-corrected chi connectivity index (χ3v) is 2.73. The van der Waals surface area contributed by atoms with Crippen molar-refractivity contribution in [3.05, 3.63) is 32.9 Å². The van der Waals surface area contributed by atoms with Crippen LogP contribution in [0.15, 0.2) is 12.1 Å². The van der Waals surface area contributed by atoms with E-state index in [1.165, 1.54) is 0 Å². The minimum atomic E-state index is -0.916. The molecule has 0 saturated heterocycles. The molecule has 3 nitrogen and oxygen atoms in total. The summed E-state index contributed by atoms with van der Waals surface area (Å²) in [6.45, 7) is 1.33. The molecule has 1 aromatic carbocycles. The molecule has 16 heavy (non-hydrogen) atoms. The van der Waals surface area contributed by atoms with Gasteiger partial charge in [0, 0.05) is 15.7 Å². The SMILES string of the molecule is C[C@@H](CO)NC(=O)c1cc(I)c(F)cc1F. The number of amides is 1. The van der Waals surface area contributed by atoms with Crippen LogP contribution in [0, 0.1) is 15.2 Å². The molecule has 1 amide bonds. The van der Waals surface area contributed by atoms with Crippen LogP contribution in [0.4, 0.5) is 8.78 Å².